The van der Waals surface area contributed by atoms with E-state index < -0.39 is 8.07 Å². The Balaban J connectivity index is 3.54. The van der Waals surface area contributed by atoms with E-state index in [2.05, 4.69) is 20.8 Å². The van der Waals surface area contributed by atoms with Crippen LogP contribution < -0.4 is 0 Å². The van der Waals surface area contributed by atoms with E-state index >= 15 is 0 Å². The molecule has 0 aromatic carbocycles. The van der Waals surface area contributed by atoms with Gasteiger partial charge in [-0.2, -0.15) is 0 Å². The summed E-state index contributed by atoms with van der Waals surface area (Å²) in [6.07, 6.45) is 1.87. The summed E-state index contributed by atoms with van der Waals surface area (Å²) in [7, 11) is -0.960. The van der Waals surface area contributed by atoms with Crippen molar-refractivity contribution >= 4 is 8.07 Å². The molecule has 0 saturated carbocycles. The first-order valence-corrected chi connectivity index (χ1v) is 9.26. The number of aliphatic hydroxyl groups is 1. The lowest BCUT2D eigenvalue weighted by molar-refractivity contribution is 0.136. The molecule has 0 bridgehead atoms. The highest BCUT2D eigenvalue weighted by molar-refractivity contribution is 6.79. The van der Waals surface area contributed by atoms with Crippen LogP contribution in [0.4, 0.5) is 0 Å². The van der Waals surface area contributed by atoms with Crippen molar-refractivity contribution in [1.29, 1.82) is 0 Å². The molecule has 0 aromatic heterocycles. The van der Waals surface area contributed by atoms with Crippen molar-refractivity contribution in [2.24, 2.45) is 0 Å². The van der Waals surface area contributed by atoms with E-state index in [0.717, 1.165) is 26.1 Å². The maximum absolute atomic E-state index is 8.62. The average molecular weight is 232 g/mol. The average Bonchev–Trinajstić information content (AvgIpc) is 2.29. The van der Waals surface area contributed by atoms with Gasteiger partial charge in [0.15, 0.2) is 0 Å². The van der Waals surface area contributed by atoms with Crippen LogP contribution >= 0.6 is 0 Å². The quantitative estimate of drug-likeness (QED) is 0.463. The molecule has 0 aromatic rings. The van der Waals surface area contributed by atoms with Gasteiger partial charge in [0.25, 0.3) is 0 Å². The molecule has 0 amide bonds. The number of hydrogen-bond donors (Lipinski definition) is 1. The second-order valence-electron chi connectivity index (χ2n) is 4.35. The van der Waals surface area contributed by atoms with E-state index in [1.807, 2.05) is 0 Å². The van der Waals surface area contributed by atoms with Crippen LogP contribution in [-0.2, 0) is 4.74 Å². The van der Waals surface area contributed by atoms with Gasteiger partial charge in [-0.25, -0.2) is 0 Å². The molecule has 0 aliphatic heterocycles. The third kappa shape index (κ3) is 6.33. The summed E-state index contributed by atoms with van der Waals surface area (Å²) in [5, 5.41) is 8.62. The standard InChI is InChI=1S/C12H28O2Si/c1-4-15(5-2,6-3)12-11-14-10-8-7-9-13/h13H,4-12H2,1-3H3. The normalized spacial score (nSPS) is 12.0. The lowest BCUT2D eigenvalue weighted by Crippen LogP contribution is -2.32. The van der Waals surface area contributed by atoms with E-state index in [4.69, 9.17) is 9.84 Å². The molecule has 0 spiro atoms. The molecule has 0 heterocycles. The second kappa shape index (κ2) is 9.37. The van der Waals surface area contributed by atoms with Crippen molar-refractivity contribution in [2.75, 3.05) is 19.8 Å². The van der Waals surface area contributed by atoms with Gasteiger partial charge in [-0.3, -0.25) is 0 Å². The number of ether oxygens (including phenoxy) is 1. The Labute approximate surface area is 96.0 Å². The predicted molar refractivity (Wildman–Crippen MR) is 69.1 cm³/mol. The lowest BCUT2D eigenvalue weighted by atomic mass is 10.3. The molecule has 0 unspecified atom stereocenters. The van der Waals surface area contributed by atoms with Crippen LogP contribution in [0, 0.1) is 0 Å². The topological polar surface area (TPSA) is 29.5 Å². The fourth-order valence-corrected chi connectivity index (χ4v) is 5.13. The van der Waals surface area contributed by atoms with Crippen LogP contribution in [0.1, 0.15) is 33.6 Å². The van der Waals surface area contributed by atoms with E-state index in [1.165, 1.54) is 24.2 Å². The summed E-state index contributed by atoms with van der Waals surface area (Å²) in [6, 6.07) is 5.48. The molecular weight excluding hydrogens is 204 g/mol. The number of unbranched alkanes of at least 4 members (excludes halogenated alkanes) is 1. The van der Waals surface area contributed by atoms with Gasteiger partial charge in [-0.1, -0.05) is 38.9 Å². The van der Waals surface area contributed by atoms with Gasteiger partial charge in [0.2, 0.25) is 0 Å². The van der Waals surface area contributed by atoms with Gasteiger partial charge in [0, 0.05) is 19.8 Å². The Morgan fingerprint density at radius 3 is 2.00 bits per heavy atom. The Hall–Kier alpha value is 0.137. The molecule has 92 valence electrons. The summed E-state index contributed by atoms with van der Waals surface area (Å²) in [5.41, 5.74) is 0. The highest BCUT2D eigenvalue weighted by Crippen LogP contribution is 2.24. The van der Waals surface area contributed by atoms with Gasteiger partial charge >= 0.3 is 0 Å². The maximum atomic E-state index is 8.62. The summed E-state index contributed by atoms with van der Waals surface area (Å²) < 4.78 is 5.62. The number of rotatable bonds is 10. The van der Waals surface area contributed by atoms with Gasteiger partial charge in [-0.15, -0.1) is 0 Å². The number of aliphatic hydroxyl groups excluding tert-OH is 1. The van der Waals surface area contributed by atoms with E-state index in [0.29, 0.717) is 6.61 Å². The van der Waals surface area contributed by atoms with Crippen LogP contribution in [0.2, 0.25) is 24.2 Å². The van der Waals surface area contributed by atoms with E-state index in [1.54, 1.807) is 0 Å². The zero-order valence-corrected chi connectivity index (χ0v) is 11.7. The largest absolute Gasteiger partial charge is 0.396 e. The molecule has 0 atom stereocenters. The highest BCUT2D eigenvalue weighted by atomic mass is 28.3. The van der Waals surface area contributed by atoms with Crippen LogP contribution in [0.15, 0.2) is 0 Å². The molecule has 0 radical (unpaired) electrons. The van der Waals surface area contributed by atoms with Gasteiger partial charge in [0.05, 0.1) is 8.07 Å². The summed E-state index contributed by atoms with van der Waals surface area (Å²) in [6.45, 7) is 9.07. The minimum Gasteiger partial charge on any atom is -0.396 e. The van der Waals surface area contributed by atoms with Crippen molar-refractivity contribution in [2.45, 2.75) is 57.8 Å². The van der Waals surface area contributed by atoms with Crippen molar-refractivity contribution in [3.63, 3.8) is 0 Å². The van der Waals surface area contributed by atoms with Crippen molar-refractivity contribution < 1.29 is 9.84 Å². The molecule has 0 rings (SSSR count). The maximum Gasteiger partial charge on any atom is 0.0550 e. The zero-order valence-electron chi connectivity index (χ0n) is 10.7. The Kier molecular flexibility index (Phi) is 9.45. The predicted octanol–water partition coefficient (Wildman–Crippen LogP) is 3.28. The SMILES string of the molecule is CC[Si](CC)(CC)CCOCCCCO. The van der Waals surface area contributed by atoms with Gasteiger partial charge in [0.1, 0.15) is 0 Å². The van der Waals surface area contributed by atoms with Crippen molar-refractivity contribution in [1.82, 2.24) is 0 Å². The highest BCUT2D eigenvalue weighted by Gasteiger charge is 2.25. The first-order chi connectivity index (χ1) is 7.24. The fraction of sp³-hybridized carbons (Fsp3) is 1.00. The van der Waals surface area contributed by atoms with Crippen molar-refractivity contribution in [3.05, 3.63) is 0 Å². The Bertz CT molecular complexity index is 127. The van der Waals surface area contributed by atoms with Gasteiger partial charge < -0.3 is 9.84 Å². The summed E-state index contributed by atoms with van der Waals surface area (Å²) >= 11 is 0. The molecule has 3 heteroatoms. The van der Waals surface area contributed by atoms with Crippen LogP contribution in [0.3, 0.4) is 0 Å². The lowest BCUT2D eigenvalue weighted by Gasteiger charge is -2.27. The second-order valence-corrected chi connectivity index (χ2v) is 9.98. The summed E-state index contributed by atoms with van der Waals surface area (Å²) in [4.78, 5) is 0. The molecule has 2 nitrogen and oxygen atoms in total. The third-order valence-corrected chi connectivity index (χ3v) is 9.49. The Morgan fingerprint density at radius 2 is 1.53 bits per heavy atom. The third-order valence-electron chi connectivity index (χ3n) is 3.72. The van der Waals surface area contributed by atoms with Crippen LogP contribution in [0.5, 0.6) is 0 Å². The van der Waals surface area contributed by atoms with E-state index in [9.17, 15) is 0 Å². The molecule has 1 N–H and O–H groups in total. The first kappa shape index (κ1) is 15.1. The van der Waals surface area contributed by atoms with Crippen LogP contribution in [-0.4, -0.2) is 33.0 Å². The minimum atomic E-state index is -0.960. The molecule has 0 saturated heterocycles. The minimum absolute atomic E-state index is 0.293. The fourth-order valence-electron chi connectivity index (χ4n) is 1.99. The summed E-state index contributed by atoms with van der Waals surface area (Å²) in [5.74, 6) is 0. The Morgan fingerprint density at radius 1 is 0.933 bits per heavy atom. The molecular formula is C12H28O2Si. The molecule has 0 aliphatic rings. The first-order valence-electron chi connectivity index (χ1n) is 6.43. The molecule has 0 aliphatic carbocycles. The molecule has 15 heavy (non-hydrogen) atoms. The zero-order chi connectivity index (χ0) is 11.6. The van der Waals surface area contributed by atoms with Gasteiger partial charge in [-0.05, 0) is 18.9 Å². The van der Waals surface area contributed by atoms with Crippen molar-refractivity contribution in [3.8, 4) is 0 Å². The number of hydrogen-bond acceptors (Lipinski definition) is 2. The monoisotopic (exact) mass is 232 g/mol. The van der Waals surface area contributed by atoms with E-state index in [-0.39, 0.29) is 0 Å². The molecule has 0 fully saturated rings. The van der Waals surface area contributed by atoms with Crippen LogP contribution in [0.25, 0.3) is 0 Å². The smallest absolute Gasteiger partial charge is 0.0550 e.